The van der Waals surface area contributed by atoms with Crippen molar-refractivity contribution in [3.05, 3.63) is 30.3 Å². The van der Waals surface area contributed by atoms with Crippen LogP contribution in [0, 0.1) is 0 Å². The number of hydrogen-bond donors (Lipinski definition) is 1. The molecule has 0 aromatic heterocycles. The predicted octanol–water partition coefficient (Wildman–Crippen LogP) is 2.47. The molecule has 0 bridgehead atoms. The van der Waals surface area contributed by atoms with E-state index >= 15 is 0 Å². The summed E-state index contributed by atoms with van der Waals surface area (Å²) in [5, 5.41) is 0. The van der Waals surface area contributed by atoms with Crippen molar-refractivity contribution in [2.75, 3.05) is 6.61 Å². The Morgan fingerprint density at radius 2 is 1.94 bits per heavy atom. The molecule has 2 N–H and O–H groups in total. The van der Waals surface area contributed by atoms with E-state index in [1.165, 1.54) is 0 Å². The van der Waals surface area contributed by atoms with Gasteiger partial charge in [-0.1, -0.05) is 38.5 Å². The highest BCUT2D eigenvalue weighted by molar-refractivity contribution is 5.71. The van der Waals surface area contributed by atoms with Crippen molar-refractivity contribution in [2.45, 2.75) is 38.8 Å². The zero-order valence-electron chi connectivity index (χ0n) is 11.0. The van der Waals surface area contributed by atoms with E-state index in [4.69, 9.17) is 15.2 Å². The summed E-state index contributed by atoms with van der Waals surface area (Å²) in [4.78, 5) is 11.6. The lowest BCUT2D eigenvalue weighted by molar-refractivity contribution is -0.163. The molecule has 100 valence electrons. The maximum atomic E-state index is 11.6. The van der Waals surface area contributed by atoms with Gasteiger partial charge < -0.3 is 9.47 Å². The molecule has 0 spiro atoms. The first-order valence-electron chi connectivity index (χ1n) is 6.28. The van der Waals surface area contributed by atoms with E-state index in [0.717, 1.165) is 6.42 Å². The van der Waals surface area contributed by atoms with Gasteiger partial charge in [0.05, 0.1) is 0 Å². The summed E-state index contributed by atoms with van der Waals surface area (Å²) >= 11 is 0. The quantitative estimate of drug-likeness (QED) is 0.597. The Bertz CT molecular complexity index is 367. The van der Waals surface area contributed by atoms with E-state index in [1.807, 2.05) is 32.0 Å². The van der Waals surface area contributed by atoms with Gasteiger partial charge >= 0.3 is 5.97 Å². The molecule has 0 radical (unpaired) electrons. The first kappa shape index (κ1) is 14.5. The molecule has 1 rings (SSSR count). The Hall–Kier alpha value is -1.55. The minimum absolute atomic E-state index is 0.118. The van der Waals surface area contributed by atoms with Crippen LogP contribution in [0.4, 0.5) is 0 Å². The average molecular weight is 251 g/mol. The minimum Gasteiger partial charge on any atom is -0.482 e. The fraction of sp³-hybridized carbons (Fsp3) is 0.500. The topological polar surface area (TPSA) is 61.5 Å². The Morgan fingerprint density at radius 3 is 2.50 bits per heavy atom. The third kappa shape index (κ3) is 4.75. The molecule has 1 unspecified atom stereocenters. The summed E-state index contributed by atoms with van der Waals surface area (Å²) in [5.41, 5.74) is 5.11. The molecular weight excluding hydrogens is 230 g/mol. The molecule has 1 aromatic rings. The molecule has 0 aliphatic carbocycles. The number of benzene rings is 1. The molecule has 0 fully saturated rings. The Morgan fingerprint density at radius 1 is 1.28 bits per heavy atom. The minimum atomic E-state index is -0.869. The molecule has 0 aliphatic heterocycles. The van der Waals surface area contributed by atoms with Crippen molar-refractivity contribution in [3.63, 3.8) is 0 Å². The van der Waals surface area contributed by atoms with Crippen LogP contribution < -0.4 is 10.5 Å². The van der Waals surface area contributed by atoms with Crippen molar-refractivity contribution in [2.24, 2.45) is 5.73 Å². The molecule has 1 atom stereocenters. The van der Waals surface area contributed by atoms with Gasteiger partial charge in [-0.3, -0.25) is 5.73 Å². The number of carbonyl (C=O) groups is 1. The summed E-state index contributed by atoms with van der Waals surface area (Å²) in [5.74, 6) is 0.209. The summed E-state index contributed by atoms with van der Waals surface area (Å²) in [6.07, 6.45) is 2.12. The number of nitrogens with two attached hydrogens (primary N) is 1. The van der Waals surface area contributed by atoms with Gasteiger partial charge in [-0.15, -0.1) is 0 Å². The van der Waals surface area contributed by atoms with Gasteiger partial charge in [0.25, 0.3) is 0 Å². The van der Waals surface area contributed by atoms with E-state index in [9.17, 15) is 4.79 Å². The SMILES string of the molecule is CCCC(N)(CC)OC(=O)COc1ccccc1. The van der Waals surface area contributed by atoms with Gasteiger partial charge in [0, 0.05) is 6.42 Å². The zero-order valence-corrected chi connectivity index (χ0v) is 11.0. The molecule has 1 aromatic carbocycles. The second kappa shape index (κ2) is 7.01. The first-order valence-corrected chi connectivity index (χ1v) is 6.28. The van der Waals surface area contributed by atoms with E-state index < -0.39 is 11.7 Å². The monoisotopic (exact) mass is 251 g/mol. The summed E-state index contributed by atoms with van der Waals surface area (Å²) in [7, 11) is 0. The molecule has 0 saturated heterocycles. The lowest BCUT2D eigenvalue weighted by Gasteiger charge is -2.27. The van der Waals surface area contributed by atoms with E-state index in [-0.39, 0.29) is 6.61 Å². The van der Waals surface area contributed by atoms with Gasteiger partial charge in [-0.25, -0.2) is 4.79 Å². The van der Waals surface area contributed by atoms with Crippen LogP contribution in [-0.4, -0.2) is 18.3 Å². The van der Waals surface area contributed by atoms with Crippen LogP contribution in [0.3, 0.4) is 0 Å². The van der Waals surface area contributed by atoms with Crippen LogP contribution in [0.1, 0.15) is 33.1 Å². The number of para-hydroxylation sites is 1. The highest BCUT2D eigenvalue weighted by Crippen LogP contribution is 2.16. The van der Waals surface area contributed by atoms with Gasteiger partial charge in [-0.05, 0) is 18.6 Å². The van der Waals surface area contributed by atoms with Crippen molar-refractivity contribution in [1.29, 1.82) is 0 Å². The maximum Gasteiger partial charge on any atom is 0.345 e. The van der Waals surface area contributed by atoms with E-state index in [1.54, 1.807) is 12.1 Å². The number of hydrogen-bond acceptors (Lipinski definition) is 4. The van der Waals surface area contributed by atoms with Crippen LogP contribution in [-0.2, 0) is 9.53 Å². The van der Waals surface area contributed by atoms with Crippen LogP contribution in [0.5, 0.6) is 5.75 Å². The lowest BCUT2D eigenvalue weighted by Crippen LogP contribution is -2.44. The first-order chi connectivity index (χ1) is 8.59. The van der Waals surface area contributed by atoms with Crippen LogP contribution in [0.25, 0.3) is 0 Å². The van der Waals surface area contributed by atoms with Crippen molar-refractivity contribution < 1.29 is 14.3 Å². The summed E-state index contributed by atoms with van der Waals surface area (Å²) in [6.45, 7) is 3.79. The van der Waals surface area contributed by atoms with Crippen molar-refractivity contribution in [1.82, 2.24) is 0 Å². The van der Waals surface area contributed by atoms with Crippen LogP contribution in [0.2, 0.25) is 0 Å². The average Bonchev–Trinajstić information content (AvgIpc) is 2.38. The number of rotatable bonds is 7. The van der Waals surface area contributed by atoms with Gasteiger partial charge in [0.15, 0.2) is 12.3 Å². The Balaban J connectivity index is 2.41. The van der Waals surface area contributed by atoms with E-state index in [2.05, 4.69) is 0 Å². The third-order valence-corrected chi connectivity index (χ3v) is 2.69. The van der Waals surface area contributed by atoms with Gasteiger partial charge in [0.1, 0.15) is 5.75 Å². The van der Waals surface area contributed by atoms with Crippen molar-refractivity contribution >= 4 is 5.97 Å². The highest BCUT2D eigenvalue weighted by Gasteiger charge is 2.26. The van der Waals surface area contributed by atoms with Crippen LogP contribution >= 0.6 is 0 Å². The van der Waals surface area contributed by atoms with E-state index in [0.29, 0.717) is 18.6 Å². The number of ether oxygens (including phenoxy) is 2. The maximum absolute atomic E-state index is 11.6. The molecule has 0 heterocycles. The smallest absolute Gasteiger partial charge is 0.345 e. The molecule has 18 heavy (non-hydrogen) atoms. The highest BCUT2D eigenvalue weighted by atomic mass is 16.6. The standard InChI is InChI=1S/C14H21NO3/c1-3-10-14(15,4-2)18-13(16)11-17-12-8-6-5-7-9-12/h5-9H,3-4,10-11,15H2,1-2H3. The summed E-state index contributed by atoms with van der Waals surface area (Å²) in [6, 6.07) is 9.14. The van der Waals surface area contributed by atoms with Gasteiger partial charge in [-0.2, -0.15) is 0 Å². The number of esters is 1. The molecule has 4 nitrogen and oxygen atoms in total. The fourth-order valence-electron chi connectivity index (χ4n) is 1.64. The third-order valence-electron chi connectivity index (χ3n) is 2.69. The second-order valence-corrected chi connectivity index (χ2v) is 4.24. The molecular formula is C14H21NO3. The fourth-order valence-corrected chi connectivity index (χ4v) is 1.64. The molecule has 4 heteroatoms. The molecule has 0 aliphatic rings. The zero-order chi connectivity index (χ0) is 13.4. The lowest BCUT2D eigenvalue weighted by atomic mass is 10.1. The Labute approximate surface area is 108 Å². The normalized spacial score (nSPS) is 13.7. The Kier molecular flexibility index (Phi) is 5.65. The van der Waals surface area contributed by atoms with Gasteiger partial charge in [0.2, 0.25) is 0 Å². The van der Waals surface area contributed by atoms with Crippen LogP contribution in [0.15, 0.2) is 30.3 Å². The largest absolute Gasteiger partial charge is 0.482 e. The van der Waals surface area contributed by atoms with Crippen molar-refractivity contribution in [3.8, 4) is 5.75 Å². The second-order valence-electron chi connectivity index (χ2n) is 4.24. The molecule has 0 saturated carbocycles. The molecule has 0 amide bonds. The predicted molar refractivity (Wildman–Crippen MR) is 70.1 cm³/mol. The number of carbonyl (C=O) groups excluding carboxylic acids is 1. The summed E-state index contributed by atoms with van der Waals surface area (Å²) < 4.78 is 10.6.